The van der Waals surface area contributed by atoms with Crippen molar-refractivity contribution >= 4 is 0 Å². The van der Waals surface area contributed by atoms with Crippen LogP contribution >= 0.6 is 0 Å². The summed E-state index contributed by atoms with van der Waals surface area (Å²) < 4.78 is 4.99. The van der Waals surface area contributed by atoms with Crippen LogP contribution in [-0.4, -0.2) is 16.6 Å². The van der Waals surface area contributed by atoms with Gasteiger partial charge in [-0.2, -0.15) is 0 Å². The molecule has 0 saturated heterocycles. The van der Waals surface area contributed by atoms with E-state index in [0.29, 0.717) is 0 Å². The van der Waals surface area contributed by atoms with Crippen molar-refractivity contribution in [2.75, 3.05) is 6.54 Å². The van der Waals surface area contributed by atoms with E-state index in [-0.39, 0.29) is 0 Å². The third-order valence-electron chi connectivity index (χ3n) is 3.04. The summed E-state index contributed by atoms with van der Waals surface area (Å²) in [5.74, 6) is 0. The monoisotopic (exact) mass is 214 g/mol. The molecule has 0 unspecified atom stereocenters. The van der Waals surface area contributed by atoms with Crippen molar-refractivity contribution < 1.29 is 4.52 Å². The fourth-order valence-electron chi connectivity index (χ4n) is 2.18. The Morgan fingerprint density at radius 1 is 1.25 bits per heavy atom. The quantitative estimate of drug-likeness (QED) is 0.767. The zero-order valence-corrected chi connectivity index (χ0v) is 9.10. The highest BCUT2D eigenvalue weighted by molar-refractivity contribution is 5.19. The molecule has 0 amide bonds. The van der Waals surface area contributed by atoms with Crippen molar-refractivity contribution in [3.05, 3.63) is 53.4 Å². The van der Waals surface area contributed by atoms with Gasteiger partial charge in [0.05, 0.1) is 5.69 Å². The highest BCUT2D eigenvalue weighted by atomic mass is 16.5. The van der Waals surface area contributed by atoms with Gasteiger partial charge in [0, 0.05) is 31.6 Å². The van der Waals surface area contributed by atoms with E-state index in [0.717, 1.165) is 31.7 Å². The molecule has 1 aliphatic heterocycles. The highest BCUT2D eigenvalue weighted by Gasteiger charge is 2.18. The molecule has 3 rings (SSSR count). The summed E-state index contributed by atoms with van der Waals surface area (Å²) in [6.45, 7) is 3.02. The maximum absolute atomic E-state index is 4.99. The molecule has 0 bridgehead atoms. The molecule has 0 atom stereocenters. The second kappa shape index (κ2) is 4.10. The third kappa shape index (κ3) is 1.86. The number of rotatable bonds is 2. The summed E-state index contributed by atoms with van der Waals surface area (Å²) >= 11 is 0. The molecule has 1 aromatic carbocycles. The lowest BCUT2D eigenvalue weighted by Crippen LogP contribution is -2.29. The molecule has 0 aliphatic carbocycles. The van der Waals surface area contributed by atoms with Gasteiger partial charge in [-0.3, -0.25) is 4.90 Å². The first-order chi connectivity index (χ1) is 7.92. The minimum absolute atomic E-state index is 0.952. The average Bonchev–Trinajstić information content (AvgIpc) is 2.77. The zero-order valence-electron chi connectivity index (χ0n) is 9.10. The predicted octanol–water partition coefficient (Wildman–Crippen LogP) is 2.23. The van der Waals surface area contributed by atoms with Crippen LogP contribution in [0.4, 0.5) is 0 Å². The van der Waals surface area contributed by atoms with Gasteiger partial charge in [0.25, 0.3) is 0 Å². The van der Waals surface area contributed by atoms with E-state index >= 15 is 0 Å². The predicted molar refractivity (Wildman–Crippen MR) is 60.8 cm³/mol. The summed E-state index contributed by atoms with van der Waals surface area (Å²) in [6, 6.07) is 10.6. The molecule has 0 fully saturated rings. The topological polar surface area (TPSA) is 29.3 Å². The highest BCUT2D eigenvalue weighted by Crippen LogP contribution is 2.18. The molecule has 82 valence electrons. The molecule has 3 heteroatoms. The Bertz CT molecular complexity index is 464. The fraction of sp³-hybridized carbons (Fsp3) is 0.308. The van der Waals surface area contributed by atoms with Crippen LogP contribution in [0.1, 0.15) is 16.8 Å². The maximum Gasteiger partial charge on any atom is 0.128 e. The van der Waals surface area contributed by atoms with Crippen molar-refractivity contribution in [3.8, 4) is 0 Å². The Kier molecular flexibility index (Phi) is 2.46. The second-order valence-electron chi connectivity index (χ2n) is 4.23. The first-order valence-corrected chi connectivity index (χ1v) is 5.60. The first kappa shape index (κ1) is 9.60. The summed E-state index contributed by atoms with van der Waals surface area (Å²) in [4.78, 5) is 2.43. The SMILES string of the molecule is c1ccc(CN2CCc3nocc3C2)cc1. The number of hydrogen-bond donors (Lipinski definition) is 0. The molecular weight excluding hydrogens is 200 g/mol. The Morgan fingerprint density at radius 3 is 3.00 bits per heavy atom. The number of benzene rings is 1. The van der Waals surface area contributed by atoms with Gasteiger partial charge in [-0.05, 0) is 5.56 Å². The first-order valence-electron chi connectivity index (χ1n) is 5.60. The van der Waals surface area contributed by atoms with E-state index in [1.165, 1.54) is 11.1 Å². The van der Waals surface area contributed by atoms with Gasteiger partial charge < -0.3 is 4.52 Å². The van der Waals surface area contributed by atoms with E-state index in [1.807, 2.05) is 0 Å². The van der Waals surface area contributed by atoms with Gasteiger partial charge >= 0.3 is 0 Å². The molecule has 3 nitrogen and oxygen atoms in total. The number of hydrogen-bond acceptors (Lipinski definition) is 3. The van der Waals surface area contributed by atoms with Gasteiger partial charge in [-0.25, -0.2) is 0 Å². The smallest absolute Gasteiger partial charge is 0.128 e. The number of aromatic nitrogens is 1. The number of nitrogens with zero attached hydrogens (tertiary/aromatic N) is 2. The van der Waals surface area contributed by atoms with E-state index in [4.69, 9.17) is 4.52 Å². The van der Waals surface area contributed by atoms with Gasteiger partial charge in [0.2, 0.25) is 0 Å². The fourth-order valence-corrected chi connectivity index (χ4v) is 2.18. The molecule has 0 N–H and O–H groups in total. The lowest BCUT2D eigenvalue weighted by molar-refractivity contribution is 0.244. The minimum Gasteiger partial charge on any atom is -0.364 e. The van der Waals surface area contributed by atoms with E-state index < -0.39 is 0 Å². The average molecular weight is 214 g/mol. The van der Waals surface area contributed by atoms with E-state index in [2.05, 4.69) is 40.4 Å². The minimum atomic E-state index is 0.952. The second-order valence-corrected chi connectivity index (χ2v) is 4.23. The van der Waals surface area contributed by atoms with Crippen molar-refractivity contribution in [1.29, 1.82) is 0 Å². The Morgan fingerprint density at radius 2 is 2.12 bits per heavy atom. The van der Waals surface area contributed by atoms with Crippen LogP contribution in [0.2, 0.25) is 0 Å². The van der Waals surface area contributed by atoms with Crippen molar-refractivity contribution in [1.82, 2.24) is 10.1 Å². The van der Waals surface area contributed by atoms with Crippen molar-refractivity contribution in [3.63, 3.8) is 0 Å². The Hall–Kier alpha value is -1.61. The largest absolute Gasteiger partial charge is 0.364 e. The summed E-state index contributed by atoms with van der Waals surface area (Å²) in [5.41, 5.74) is 3.73. The molecule has 1 aliphatic rings. The van der Waals surface area contributed by atoms with Gasteiger partial charge in [0.15, 0.2) is 0 Å². The molecule has 1 aromatic heterocycles. The molecule has 0 saturated carbocycles. The molecule has 16 heavy (non-hydrogen) atoms. The molecule has 0 radical (unpaired) electrons. The van der Waals surface area contributed by atoms with Gasteiger partial charge in [-0.15, -0.1) is 0 Å². The van der Waals surface area contributed by atoms with Crippen molar-refractivity contribution in [2.45, 2.75) is 19.5 Å². The van der Waals surface area contributed by atoms with Crippen LogP contribution in [0.3, 0.4) is 0 Å². The van der Waals surface area contributed by atoms with E-state index in [1.54, 1.807) is 6.26 Å². The van der Waals surface area contributed by atoms with Crippen LogP contribution in [-0.2, 0) is 19.5 Å². The zero-order chi connectivity index (χ0) is 10.8. The molecule has 0 spiro atoms. The van der Waals surface area contributed by atoms with Crippen LogP contribution in [0.15, 0.2) is 41.1 Å². The maximum atomic E-state index is 4.99. The standard InChI is InChI=1S/C13H14N2O/c1-2-4-11(5-3-1)8-15-7-6-13-12(9-15)10-16-14-13/h1-5,10H,6-9H2. The summed E-state index contributed by atoms with van der Waals surface area (Å²) in [5, 5.41) is 4.00. The number of fused-ring (bicyclic) bond motifs is 1. The Balaban J connectivity index is 1.71. The van der Waals surface area contributed by atoms with Gasteiger partial charge in [-0.1, -0.05) is 35.5 Å². The van der Waals surface area contributed by atoms with Crippen LogP contribution in [0, 0.1) is 0 Å². The summed E-state index contributed by atoms with van der Waals surface area (Å²) in [7, 11) is 0. The van der Waals surface area contributed by atoms with Crippen molar-refractivity contribution in [2.24, 2.45) is 0 Å². The normalized spacial score (nSPS) is 16.0. The third-order valence-corrected chi connectivity index (χ3v) is 3.04. The molecule has 2 aromatic rings. The Labute approximate surface area is 94.7 Å². The van der Waals surface area contributed by atoms with Gasteiger partial charge in [0.1, 0.15) is 6.26 Å². The van der Waals surface area contributed by atoms with Crippen LogP contribution < -0.4 is 0 Å². The van der Waals surface area contributed by atoms with Crippen LogP contribution in [0.5, 0.6) is 0 Å². The molecule has 2 heterocycles. The summed E-state index contributed by atoms with van der Waals surface area (Å²) in [6.07, 6.45) is 2.77. The lowest BCUT2D eigenvalue weighted by atomic mass is 10.1. The lowest BCUT2D eigenvalue weighted by Gasteiger charge is -2.25. The molecular formula is C13H14N2O. The van der Waals surface area contributed by atoms with Crippen LogP contribution in [0.25, 0.3) is 0 Å². The van der Waals surface area contributed by atoms with E-state index in [9.17, 15) is 0 Å².